The molecular formula is C31H22. The first-order valence-electron chi connectivity index (χ1n) is 11.1. The van der Waals surface area contributed by atoms with Crippen LogP contribution in [0.15, 0.2) is 97.1 Å². The molecule has 0 nitrogen and oxygen atoms in total. The molecule has 31 heavy (non-hydrogen) atoms. The molecule has 0 unspecified atom stereocenters. The van der Waals surface area contributed by atoms with Gasteiger partial charge >= 0.3 is 0 Å². The molecule has 7 rings (SSSR count). The van der Waals surface area contributed by atoms with Crippen molar-refractivity contribution in [1.82, 2.24) is 0 Å². The van der Waals surface area contributed by atoms with Crippen LogP contribution in [0.3, 0.4) is 0 Å². The molecule has 0 saturated carbocycles. The van der Waals surface area contributed by atoms with Crippen molar-refractivity contribution >= 4 is 43.1 Å². The van der Waals surface area contributed by atoms with Crippen LogP contribution in [0.2, 0.25) is 0 Å². The van der Waals surface area contributed by atoms with Crippen LogP contribution in [0.1, 0.15) is 25.0 Å². The third-order valence-corrected chi connectivity index (χ3v) is 7.37. The summed E-state index contributed by atoms with van der Waals surface area (Å²) in [6.07, 6.45) is 0. The number of rotatable bonds is 0. The normalized spacial score (nSPS) is 14.4. The van der Waals surface area contributed by atoms with Crippen molar-refractivity contribution in [3.05, 3.63) is 108 Å². The minimum Gasteiger partial charge on any atom is -0.0616 e. The molecule has 0 spiro atoms. The monoisotopic (exact) mass is 394 g/mol. The molecule has 1 aliphatic carbocycles. The molecule has 0 heterocycles. The average molecular weight is 395 g/mol. The van der Waals surface area contributed by atoms with Gasteiger partial charge in [0, 0.05) is 5.41 Å². The minimum absolute atomic E-state index is 0.0894. The molecule has 0 heteroatoms. The lowest BCUT2D eigenvalue weighted by molar-refractivity contribution is 0.652. The van der Waals surface area contributed by atoms with Crippen LogP contribution in [-0.2, 0) is 5.41 Å². The molecule has 6 aromatic carbocycles. The summed E-state index contributed by atoms with van der Waals surface area (Å²) in [4.78, 5) is 0. The fraction of sp³-hybridized carbons (Fsp3) is 0.0968. The Kier molecular flexibility index (Phi) is 3.16. The highest BCUT2D eigenvalue weighted by Gasteiger charge is 2.36. The first-order chi connectivity index (χ1) is 15.2. The molecule has 0 aliphatic heterocycles. The molecule has 0 bridgehead atoms. The largest absolute Gasteiger partial charge is 0.0616 e. The van der Waals surface area contributed by atoms with Gasteiger partial charge in [0.1, 0.15) is 0 Å². The van der Waals surface area contributed by atoms with Gasteiger partial charge in [0.05, 0.1) is 0 Å². The second-order valence-corrected chi connectivity index (χ2v) is 9.34. The highest BCUT2D eigenvalue weighted by molar-refractivity contribution is 6.25. The first kappa shape index (κ1) is 17.1. The second kappa shape index (κ2) is 5.74. The molecule has 146 valence electrons. The SMILES string of the molecule is CC1(C)c2c(c3ccccc3c3ccccc23)-c2c3ccccc3cc3cccc1c23. The van der Waals surface area contributed by atoms with E-state index in [1.54, 1.807) is 0 Å². The van der Waals surface area contributed by atoms with Crippen LogP contribution >= 0.6 is 0 Å². The van der Waals surface area contributed by atoms with Crippen molar-refractivity contribution in [2.45, 2.75) is 19.3 Å². The highest BCUT2D eigenvalue weighted by atomic mass is 14.4. The maximum atomic E-state index is 2.40. The average Bonchev–Trinajstić information content (AvgIpc) is 2.81. The van der Waals surface area contributed by atoms with Gasteiger partial charge in [0.15, 0.2) is 0 Å². The maximum absolute atomic E-state index is 2.40. The predicted octanol–water partition coefficient (Wildman–Crippen LogP) is 8.61. The molecule has 0 radical (unpaired) electrons. The van der Waals surface area contributed by atoms with Gasteiger partial charge in [-0.25, -0.2) is 0 Å². The van der Waals surface area contributed by atoms with Gasteiger partial charge in [-0.3, -0.25) is 0 Å². The molecule has 1 aliphatic rings. The van der Waals surface area contributed by atoms with Gasteiger partial charge in [-0.05, 0) is 71.4 Å². The van der Waals surface area contributed by atoms with Crippen LogP contribution in [-0.4, -0.2) is 0 Å². The molecule has 0 fully saturated rings. The molecule has 0 aromatic heterocycles. The van der Waals surface area contributed by atoms with E-state index in [1.165, 1.54) is 65.3 Å². The van der Waals surface area contributed by atoms with Crippen LogP contribution < -0.4 is 0 Å². The smallest absolute Gasteiger partial charge is 0.0165 e. The Morgan fingerprint density at radius 3 is 1.84 bits per heavy atom. The second-order valence-electron chi connectivity index (χ2n) is 9.34. The summed E-state index contributed by atoms with van der Waals surface area (Å²) in [7, 11) is 0. The zero-order valence-corrected chi connectivity index (χ0v) is 17.7. The summed E-state index contributed by atoms with van der Waals surface area (Å²) < 4.78 is 0. The molecule has 0 N–H and O–H groups in total. The van der Waals surface area contributed by atoms with Crippen molar-refractivity contribution in [2.75, 3.05) is 0 Å². The summed E-state index contributed by atoms with van der Waals surface area (Å²) in [6.45, 7) is 4.81. The number of fused-ring (bicyclic) bond motifs is 9. The van der Waals surface area contributed by atoms with E-state index in [1.807, 2.05) is 0 Å². The Hall–Kier alpha value is -3.64. The number of hydrogen-bond acceptors (Lipinski definition) is 0. The lowest BCUT2D eigenvalue weighted by atomic mass is 9.65. The maximum Gasteiger partial charge on any atom is 0.0165 e. The lowest BCUT2D eigenvalue weighted by Gasteiger charge is -2.37. The zero-order chi connectivity index (χ0) is 20.7. The fourth-order valence-corrected chi connectivity index (χ4v) is 6.09. The van der Waals surface area contributed by atoms with E-state index in [-0.39, 0.29) is 5.41 Å². The Balaban J connectivity index is 1.89. The Labute approximate surface area is 181 Å². The van der Waals surface area contributed by atoms with Crippen LogP contribution in [0.4, 0.5) is 0 Å². The van der Waals surface area contributed by atoms with Crippen LogP contribution in [0.25, 0.3) is 54.2 Å². The van der Waals surface area contributed by atoms with E-state index in [4.69, 9.17) is 0 Å². The van der Waals surface area contributed by atoms with E-state index < -0.39 is 0 Å². The highest BCUT2D eigenvalue weighted by Crippen LogP contribution is 2.55. The van der Waals surface area contributed by atoms with E-state index in [2.05, 4.69) is 111 Å². The molecule has 0 amide bonds. The van der Waals surface area contributed by atoms with Gasteiger partial charge in [0.2, 0.25) is 0 Å². The van der Waals surface area contributed by atoms with Crippen molar-refractivity contribution < 1.29 is 0 Å². The quantitative estimate of drug-likeness (QED) is 0.179. The van der Waals surface area contributed by atoms with E-state index >= 15 is 0 Å². The van der Waals surface area contributed by atoms with Crippen LogP contribution in [0, 0.1) is 0 Å². The van der Waals surface area contributed by atoms with Gasteiger partial charge in [0.25, 0.3) is 0 Å². The molecular weight excluding hydrogens is 372 g/mol. The van der Waals surface area contributed by atoms with Gasteiger partial charge in [-0.1, -0.05) is 105 Å². The van der Waals surface area contributed by atoms with Crippen LogP contribution in [0.5, 0.6) is 0 Å². The van der Waals surface area contributed by atoms with Gasteiger partial charge in [-0.15, -0.1) is 0 Å². The van der Waals surface area contributed by atoms with Gasteiger partial charge < -0.3 is 0 Å². The predicted molar refractivity (Wildman–Crippen MR) is 134 cm³/mol. The Bertz CT molecular complexity index is 1700. The summed E-state index contributed by atoms with van der Waals surface area (Å²) >= 11 is 0. The van der Waals surface area contributed by atoms with Crippen molar-refractivity contribution in [2.24, 2.45) is 0 Å². The number of hydrogen-bond donors (Lipinski definition) is 0. The molecule has 6 aromatic rings. The zero-order valence-electron chi connectivity index (χ0n) is 17.7. The van der Waals surface area contributed by atoms with Crippen molar-refractivity contribution in [3.8, 4) is 11.1 Å². The standard InChI is InChI=1S/C31H22/c1-31(2)26-17-9-11-20-18-19-10-3-4-12-21(19)28(27(20)26)29-24-15-7-5-13-22(24)23-14-6-8-16-25(23)30(29)31/h3-18H,1-2H3. The summed E-state index contributed by atoms with van der Waals surface area (Å²) in [5.74, 6) is 0. The molecule has 0 atom stereocenters. The van der Waals surface area contributed by atoms with E-state index in [9.17, 15) is 0 Å². The van der Waals surface area contributed by atoms with E-state index in [0.29, 0.717) is 0 Å². The third kappa shape index (κ3) is 2.05. The summed E-state index contributed by atoms with van der Waals surface area (Å²) in [5.41, 5.74) is 5.62. The third-order valence-electron chi connectivity index (χ3n) is 7.37. The fourth-order valence-electron chi connectivity index (χ4n) is 6.09. The van der Waals surface area contributed by atoms with Crippen molar-refractivity contribution in [3.63, 3.8) is 0 Å². The Morgan fingerprint density at radius 2 is 1.06 bits per heavy atom. The molecule has 0 saturated heterocycles. The minimum atomic E-state index is -0.0894. The first-order valence-corrected chi connectivity index (χ1v) is 11.1. The van der Waals surface area contributed by atoms with Gasteiger partial charge in [-0.2, -0.15) is 0 Å². The Morgan fingerprint density at radius 1 is 0.484 bits per heavy atom. The lowest BCUT2D eigenvalue weighted by Crippen LogP contribution is -2.24. The number of benzene rings is 6. The van der Waals surface area contributed by atoms with Crippen molar-refractivity contribution in [1.29, 1.82) is 0 Å². The topological polar surface area (TPSA) is 0 Å². The summed E-state index contributed by atoms with van der Waals surface area (Å²) in [5, 5.41) is 10.8. The summed E-state index contributed by atoms with van der Waals surface area (Å²) in [6, 6.07) is 36.0. The van der Waals surface area contributed by atoms with E-state index in [0.717, 1.165) is 0 Å².